The molecule has 0 unspecified atom stereocenters. The van der Waals surface area contributed by atoms with Crippen LogP contribution in [0.15, 0.2) is 48.5 Å². The highest BCUT2D eigenvalue weighted by Gasteiger charge is 2.08. The molecule has 1 amide bonds. The fourth-order valence-corrected chi connectivity index (χ4v) is 1.91. The molecule has 5 nitrogen and oxygen atoms in total. The number of aliphatic hydroxyl groups excluding tert-OH is 1. The Morgan fingerprint density at radius 1 is 1.14 bits per heavy atom. The van der Waals surface area contributed by atoms with Crippen LogP contribution in [0, 0.1) is 0 Å². The predicted molar refractivity (Wildman–Crippen MR) is 82.2 cm³/mol. The van der Waals surface area contributed by atoms with Crippen molar-refractivity contribution in [3.05, 3.63) is 54.1 Å². The molecule has 0 saturated carbocycles. The molecular formula is C16H18N2O3. The van der Waals surface area contributed by atoms with Crippen molar-refractivity contribution in [2.45, 2.75) is 6.42 Å². The number of rotatable bonds is 6. The standard InChI is InChI=1S/C16H18N2O3/c17-13-6-2-3-7-14(13)18-16(20)11-21-15-8-4-1-5-12(15)9-10-19/h1-8,19H,9-11,17H2,(H,18,20). The molecule has 0 radical (unpaired) electrons. The zero-order chi connectivity index (χ0) is 15.1. The lowest BCUT2D eigenvalue weighted by molar-refractivity contribution is -0.118. The van der Waals surface area contributed by atoms with E-state index in [9.17, 15) is 4.79 Å². The number of nitrogens with one attached hydrogen (secondary N) is 1. The summed E-state index contributed by atoms with van der Waals surface area (Å²) in [5.41, 5.74) is 7.69. The smallest absolute Gasteiger partial charge is 0.262 e. The maximum atomic E-state index is 11.9. The highest BCUT2D eigenvalue weighted by Crippen LogP contribution is 2.19. The largest absolute Gasteiger partial charge is 0.483 e. The minimum absolute atomic E-state index is 0.0348. The third-order valence-corrected chi connectivity index (χ3v) is 2.95. The number of nitrogen functional groups attached to an aromatic ring is 1. The first-order valence-corrected chi connectivity index (χ1v) is 6.66. The first-order chi connectivity index (χ1) is 10.2. The SMILES string of the molecule is Nc1ccccc1NC(=O)COc1ccccc1CCO. The van der Waals surface area contributed by atoms with Crippen LogP contribution in [0.25, 0.3) is 0 Å². The highest BCUT2D eigenvalue weighted by atomic mass is 16.5. The summed E-state index contributed by atoms with van der Waals surface area (Å²) >= 11 is 0. The Balaban J connectivity index is 1.94. The second-order valence-corrected chi connectivity index (χ2v) is 4.51. The number of hydrogen-bond acceptors (Lipinski definition) is 4. The van der Waals surface area contributed by atoms with Crippen LogP contribution in [-0.2, 0) is 11.2 Å². The Hall–Kier alpha value is -2.53. The van der Waals surface area contributed by atoms with Gasteiger partial charge in [0.05, 0.1) is 11.4 Å². The van der Waals surface area contributed by atoms with Gasteiger partial charge in [0.25, 0.3) is 5.91 Å². The minimum Gasteiger partial charge on any atom is -0.483 e. The molecule has 0 aromatic heterocycles. The van der Waals surface area contributed by atoms with Crippen molar-refractivity contribution in [1.82, 2.24) is 0 Å². The summed E-state index contributed by atoms with van der Waals surface area (Å²) in [7, 11) is 0. The number of ether oxygens (including phenoxy) is 1. The van der Waals surface area contributed by atoms with Crippen molar-refractivity contribution >= 4 is 17.3 Å². The first kappa shape index (κ1) is 14.9. The Labute approximate surface area is 123 Å². The van der Waals surface area contributed by atoms with E-state index in [0.717, 1.165) is 5.56 Å². The van der Waals surface area contributed by atoms with Crippen LogP contribution in [0.5, 0.6) is 5.75 Å². The van der Waals surface area contributed by atoms with Crippen LogP contribution in [0.4, 0.5) is 11.4 Å². The van der Waals surface area contributed by atoms with E-state index in [2.05, 4.69) is 5.32 Å². The summed E-state index contributed by atoms with van der Waals surface area (Å²) in [6.07, 6.45) is 0.490. The molecule has 0 saturated heterocycles. The van der Waals surface area contributed by atoms with E-state index in [0.29, 0.717) is 23.5 Å². The third kappa shape index (κ3) is 4.22. The fourth-order valence-electron chi connectivity index (χ4n) is 1.91. The van der Waals surface area contributed by atoms with Gasteiger partial charge in [0.15, 0.2) is 6.61 Å². The van der Waals surface area contributed by atoms with Crippen molar-refractivity contribution in [3.63, 3.8) is 0 Å². The summed E-state index contributed by atoms with van der Waals surface area (Å²) in [5, 5.41) is 11.7. The monoisotopic (exact) mass is 286 g/mol. The van der Waals surface area contributed by atoms with Gasteiger partial charge < -0.3 is 20.9 Å². The molecule has 0 fully saturated rings. The molecule has 0 bridgehead atoms. The minimum atomic E-state index is -0.285. The van der Waals surface area contributed by atoms with Crippen molar-refractivity contribution < 1.29 is 14.6 Å². The van der Waals surface area contributed by atoms with Gasteiger partial charge in [-0.1, -0.05) is 30.3 Å². The molecule has 2 aromatic rings. The van der Waals surface area contributed by atoms with Gasteiger partial charge in [0.1, 0.15) is 5.75 Å². The zero-order valence-corrected chi connectivity index (χ0v) is 11.6. The van der Waals surface area contributed by atoms with Gasteiger partial charge in [0.2, 0.25) is 0 Å². The number of amides is 1. The number of benzene rings is 2. The van der Waals surface area contributed by atoms with E-state index >= 15 is 0 Å². The summed E-state index contributed by atoms with van der Waals surface area (Å²) in [4.78, 5) is 11.9. The lowest BCUT2D eigenvalue weighted by Crippen LogP contribution is -2.21. The van der Waals surface area contributed by atoms with Crippen molar-refractivity contribution in [3.8, 4) is 5.75 Å². The normalized spacial score (nSPS) is 10.1. The van der Waals surface area contributed by atoms with Crippen molar-refractivity contribution in [1.29, 1.82) is 0 Å². The molecule has 2 aromatic carbocycles. The summed E-state index contributed by atoms with van der Waals surface area (Å²) < 4.78 is 5.50. The van der Waals surface area contributed by atoms with Gasteiger partial charge >= 0.3 is 0 Å². The Bertz CT molecular complexity index is 614. The predicted octanol–water partition coefficient (Wildman–Crippen LogP) is 1.82. The van der Waals surface area contributed by atoms with Gasteiger partial charge in [-0.05, 0) is 30.2 Å². The van der Waals surface area contributed by atoms with Crippen molar-refractivity contribution in [2.24, 2.45) is 0 Å². The fraction of sp³-hybridized carbons (Fsp3) is 0.188. The highest BCUT2D eigenvalue weighted by molar-refractivity contribution is 5.94. The maximum Gasteiger partial charge on any atom is 0.262 e. The molecule has 0 spiro atoms. The quantitative estimate of drug-likeness (QED) is 0.707. The van der Waals surface area contributed by atoms with E-state index in [4.69, 9.17) is 15.6 Å². The van der Waals surface area contributed by atoms with Crippen molar-refractivity contribution in [2.75, 3.05) is 24.3 Å². The molecule has 0 aliphatic rings. The van der Waals surface area contributed by atoms with Crippen LogP contribution in [0.1, 0.15) is 5.56 Å². The van der Waals surface area contributed by atoms with E-state index in [-0.39, 0.29) is 19.1 Å². The average Bonchev–Trinajstić information content (AvgIpc) is 2.49. The molecule has 5 heteroatoms. The van der Waals surface area contributed by atoms with Gasteiger partial charge in [-0.25, -0.2) is 0 Å². The zero-order valence-electron chi connectivity index (χ0n) is 11.6. The molecule has 0 atom stereocenters. The molecule has 110 valence electrons. The number of carbonyl (C=O) groups excluding carboxylic acids is 1. The second-order valence-electron chi connectivity index (χ2n) is 4.51. The van der Waals surface area contributed by atoms with Gasteiger partial charge in [-0.2, -0.15) is 0 Å². The van der Waals surface area contributed by atoms with Crippen LogP contribution < -0.4 is 15.8 Å². The second kappa shape index (κ2) is 7.31. The molecule has 0 aliphatic carbocycles. The van der Waals surface area contributed by atoms with Gasteiger partial charge in [-0.3, -0.25) is 4.79 Å². The number of aliphatic hydroxyl groups is 1. The Morgan fingerprint density at radius 2 is 1.86 bits per heavy atom. The molecule has 0 aliphatic heterocycles. The molecule has 2 rings (SSSR count). The van der Waals surface area contributed by atoms with E-state index in [1.807, 2.05) is 18.2 Å². The molecule has 21 heavy (non-hydrogen) atoms. The first-order valence-electron chi connectivity index (χ1n) is 6.66. The summed E-state index contributed by atoms with van der Waals surface area (Å²) in [6, 6.07) is 14.4. The van der Waals surface area contributed by atoms with Crippen LogP contribution in [0.2, 0.25) is 0 Å². The van der Waals surface area contributed by atoms with Crippen LogP contribution >= 0.6 is 0 Å². The van der Waals surface area contributed by atoms with Crippen LogP contribution in [0.3, 0.4) is 0 Å². The van der Waals surface area contributed by atoms with E-state index < -0.39 is 0 Å². The molecular weight excluding hydrogens is 268 g/mol. The van der Waals surface area contributed by atoms with E-state index in [1.54, 1.807) is 30.3 Å². The Kier molecular flexibility index (Phi) is 5.17. The number of carbonyl (C=O) groups is 1. The molecule has 4 N–H and O–H groups in total. The molecule has 0 heterocycles. The lowest BCUT2D eigenvalue weighted by Gasteiger charge is -2.11. The number of anilines is 2. The average molecular weight is 286 g/mol. The lowest BCUT2D eigenvalue weighted by atomic mass is 10.1. The van der Waals surface area contributed by atoms with Crippen LogP contribution in [-0.4, -0.2) is 24.2 Å². The van der Waals surface area contributed by atoms with E-state index in [1.165, 1.54) is 0 Å². The Morgan fingerprint density at radius 3 is 2.62 bits per heavy atom. The topological polar surface area (TPSA) is 84.6 Å². The summed E-state index contributed by atoms with van der Waals surface area (Å²) in [6.45, 7) is -0.0795. The van der Waals surface area contributed by atoms with Gasteiger partial charge in [0, 0.05) is 6.61 Å². The maximum absolute atomic E-state index is 11.9. The number of nitrogens with two attached hydrogens (primary N) is 1. The number of hydrogen-bond donors (Lipinski definition) is 3. The number of para-hydroxylation sites is 3. The van der Waals surface area contributed by atoms with Gasteiger partial charge in [-0.15, -0.1) is 0 Å². The summed E-state index contributed by atoms with van der Waals surface area (Å²) in [5.74, 6) is 0.314. The third-order valence-electron chi connectivity index (χ3n) is 2.95.